The van der Waals surface area contributed by atoms with Crippen LogP contribution in [0.15, 0.2) is 24.3 Å². The minimum atomic E-state index is -0.138. The van der Waals surface area contributed by atoms with Gasteiger partial charge in [0.05, 0.1) is 0 Å². The summed E-state index contributed by atoms with van der Waals surface area (Å²) in [5, 5.41) is 3.53. The zero-order valence-corrected chi connectivity index (χ0v) is 11.3. The molecule has 3 heteroatoms. The SMILES string of the molecule is CCNC1CC(C)CN(Cc2cccc(F)c2)C1. The number of benzene rings is 1. The van der Waals surface area contributed by atoms with Gasteiger partial charge < -0.3 is 5.32 Å². The Morgan fingerprint density at radius 2 is 2.22 bits per heavy atom. The highest BCUT2D eigenvalue weighted by Gasteiger charge is 2.23. The van der Waals surface area contributed by atoms with E-state index in [1.165, 1.54) is 12.5 Å². The summed E-state index contributed by atoms with van der Waals surface area (Å²) in [6, 6.07) is 7.52. The first-order chi connectivity index (χ1) is 8.67. The minimum absolute atomic E-state index is 0.138. The zero-order chi connectivity index (χ0) is 13.0. The number of rotatable bonds is 4. The maximum Gasteiger partial charge on any atom is 0.123 e. The molecule has 1 fully saturated rings. The average molecular weight is 250 g/mol. The maximum atomic E-state index is 13.2. The summed E-state index contributed by atoms with van der Waals surface area (Å²) >= 11 is 0. The number of nitrogens with zero attached hydrogens (tertiary/aromatic N) is 1. The van der Waals surface area contributed by atoms with E-state index in [1.807, 2.05) is 6.07 Å². The number of hydrogen-bond donors (Lipinski definition) is 1. The maximum absolute atomic E-state index is 13.2. The van der Waals surface area contributed by atoms with Crippen LogP contribution in [-0.4, -0.2) is 30.6 Å². The Hall–Kier alpha value is -0.930. The molecule has 0 aliphatic carbocycles. The molecule has 1 N–H and O–H groups in total. The second kappa shape index (κ2) is 6.30. The van der Waals surface area contributed by atoms with Crippen molar-refractivity contribution in [2.24, 2.45) is 5.92 Å². The second-order valence-corrected chi connectivity index (χ2v) is 5.42. The highest BCUT2D eigenvalue weighted by molar-refractivity contribution is 5.16. The largest absolute Gasteiger partial charge is 0.313 e. The normalized spacial score (nSPS) is 25.3. The topological polar surface area (TPSA) is 15.3 Å². The summed E-state index contributed by atoms with van der Waals surface area (Å²) in [4.78, 5) is 2.43. The molecule has 2 rings (SSSR count). The smallest absolute Gasteiger partial charge is 0.123 e. The standard InChI is InChI=1S/C15H23FN2/c1-3-17-15-7-12(2)9-18(11-15)10-13-5-4-6-14(16)8-13/h4-6,8,12,15,17H,3,7,9-11H2,1-2H3. The van der Waals surface area contributed by atoms with Crippen LogP contribution in [0.4, 0.5) is 4.39 Å². The van der Waals surface area contributed by atoms with Gasteiger partial charge in [-0.25, -0.2) is 4.39 Å². The molecule has 1 aliphatic heterocycles. The molecule has 1 heterocycles. The fraction of sp³-hybridized carbons (Fsp3) is 0.600. The third-order valence-corrected chi connectivity index (χ3v) is 3.52. The van der Waals surface area contributed by atoms with Crippen molar-refractivity contribution in [1.29, 1.82) is 0 Å². The lowest BCUT2D eigenvalue weighted by Crippen LogP contribution is -2.48. The fourth-order valence-corrected chi connectivity index (χ4v) is 2.92. The number of likely N-dealkylation sites (tertiary alicyclic amines) is 1. The summed E-state index contributed by atoms with van der Waals surface area (Å²) in [7, 11) is 0. The number of hydrogen-bond acceptors (Lipinski definition) is 2. The van der Waals surface area contributed by atoms with Gasteiger partial charge in [0.1, 0.15) is 5.82 Å². The van der Waals surface area contributed by atoms with Crippen LogP contribution in [0, 0.1) is 11.7 Å². The Labute approximate surface area is 109 Å². The molecule has 1 aromatic rings. The highest BCUT2D eigenvalue weighted by Crippen LogP contribution is 2.18. The minimum Gasteiger partial charge on any atom is -0.313 e. The van der Waals surface area contributed by atoms with Crippen molar-refractivity contribution in [1.82, 2.24) is 10.2 Å². The van der Waals surface area contributed by atoms with Gasteiger partial charge in [-0.3, -0.25) is 4.90 Å². The summed E-state index contributed by atoms with van der Waals surface area (Å²) in [5.74, 6) is 0.567. The van der Waals surface area contributed by atoms with E-state index in [-0.39, 0.29) is 5.82 Å². The molecule has 100 valence electrons. The van der Waals surface area contributed by atoms with Crippen molar-refractivity contribution in [2.75, 3.05) is 19.6 Å². The van der Waals surface area contributed by atoms with Crippen LogP contribution in [0.1, 0.15) is 25.8 Å². The third-order valence-electron chi connectivity index (χ3n) is 3.52. The average Bonchev–Trinajstić information content (AvgIpc) is 2.28. The summed E-state index contributed by atoms with van der Waals surface area (Å²) in [6.07, 6.45) is 1.24. The number of halogens is 1. The lowest BCUT2D eigenvalue weighted by molar-refractivity contribution is 0.143. The molecule has 2 atom stereocenters. The van der Waals surface area contributed by atoms with Crippen LogP contribution in [-0.2, 0) is 6.54 Å². The number of likely N-dealkylation sites (N-methyl/N-ethyl adjacent to an activating group) is 1. The van der Waals surface area contributed by atoms with Crippen molar-refractivity contribution < 1.29 is 4.39 Å². The van der Waals surface area contributed by atoms with Crippen LogP contribution in [0.25, 0.3) is 0 Å². The predicted octanol–water partition coefficient (Wildman–Crippen LogP) is 2.65. The first-order valence-electron chi connectivity index (χ1n) is 6.87. The van der Waals surface area contributed by atoms with Gasteiger partial charge in [0.25, 0.3) is 0 Å². The van der Waals surface area contributed by atoms with Gasteiger partial charge in [-0.2, -0.15) is 0 Å². The lowest BCUT2D eigenvalue weighted by Gasteiger charge is -2.36. The molecule has 18 heavy (non-hydrogen) atoms. The number of nitrogens with one attached hydrogen (secondary N) is 1. The molecule has 1 aliphatic rings. The molecule has 2 unspecified atom stereocenters. The Morgan fingerprint density at radius 3 is 2.94 bits per heavy atom. The van der Waals surface area contributed by atoms with Crippen LogP contribution in [0.3, 0.4) is 0 Å². The Balaban J connectivity index is 1.95. The molecular formula is C15H23FN2. The van der Waals surface area contributed by atoms with Crippen LogP contribution < -0.4 is 5.32 Å². The number of piperidine rings is 1. The molecule has 0 bridgehead atoms. The lowest BCUT2D eigenvalue weighted by atomic mass is 9.95. The van der Waals surface area contributed by atoms with Gasteiger partial charge in [0, 0.05) is 25.7 Å². The molecule has 0 amide bonds. The van der Waals surface area contributed by atoms with E-state index in [0.717, 1.165) is 31.7 Å². The fourth-order valence-electron chi connectivity index (χ4n) is 2.92. The quantitative estimate of drug-likeness (QED) is 0.883. The Bertz CT molecular complexity index is 381. The summed E-state index contributed by atoms with van der Waals surface area (Å²) in [5.41, 5.74) is 1.07. The summed E-state index contributed by atoms with van der Waals surface area (Å²) < 4.78 is 13.2. The van der Waals surface area contributed by atoms with Crippen molar-refractivity contribution in [3.63, 3.8) is 0 Å². The van der Waals surface area contributed by atoms with Crippen LogP contribution in [0.5, 0.6) is 0 Å². The molecule has 1 aromatic carbocycles. The molecule has 2 nitrogen and oxygen atoms in total. The van der Waals surface area contributed by atoms with Crippen molar-refractivity contribution in [2.45, 2.75) is 32.9 Å². The zero-order valence-electron chi connectivity index (χ0n) is 11.3. The molecule has 0 aromatic heterocycles. The van der Waals surface area contributed by atoms with E-state index in [9.17, 15) is 4.39 Å². The third kappa shape index (κ3) is 3.79. The molecule has 1 saturated heterocycles. The first kappa shape index (κ1) is 13.5. The predicted molar refractivity (Wildman–Crippen MR) is 72.9 cm³/mol. The first-order valence-corrected chi connectivity index (χ1v) is 6.87. The molecular weight excluding hydrogens is 227 g/mol. The van der Waals surface area contributed by atoms with E-state index in [0.29, 0.717) is 12.0 Å². The molecule has 0 saturated carbocycles. The van der Waals surface area contributed by atoms with Gasteiger partial charge in [-0.05, 0) is 36.6 Å². The van der Waals surface area contributed by atoms with E-state index in [4.69, 9.17) is 0 Å². The van der Waals surface area contributed by atoms with Crippen molar-refractivity contribution in [3.05, 3.63) is 35.6 Å². The van der Waals surface area contributed by atoms with E-state index >= 15 is 0 Å². The van der Waals surface area contributed by atoms with Gasteiger partial charge in [0.2, 0.25) is 0 Å². The molecule has 0 radical (unpaired) electrons. The highest BCUT2D eigenvalue weighted by atomic mass is 19.1. The summed E-state index contributed by atoms with van der Waals surface area (Å²) in [6.45, 7) is 8.49. The Kier molecular flexibility index (Phi) is 4.72. The Morgan fingerprint density at radius 1 is 1.39 bits per heavy atom. The van der Waals surface area contributed by atoms with E-state index < -0.39 is 0 Å². The van der Waals surface area contributed by atoms with Gasteiger partial charge in [0.15, 0.2) is 0 Å². The van der Waals surface area contributed by atoms with E-state index in [1.54, 1.807) is 12.1 Å². The van der Waals surface area contributed by atoms with Gasteiger partial charge >= 0.3 is 0 Å². The van der Waals surface area contributed by atoms with Crippen molar-refractivity contribution >= 4 is 0 Å². The van der Waals surface area contributed by atoms with Crippen LogP contribution in [0.2, 0.25) is 0 Å². The van der Waals surface area contributed by atoms with Gasteiger partial charge in [-0.1, -0.05) is 26.0 Å². The van der Waals surface area contributed by atoms with Crippen molar-refractivity contribution in [3.8, 4) is 0 Å². The van der Waals surface area contributed by atoms with E-state index in [2.05, 4.69) is 24.1 Å². The monoisotopic (exact) mass is 250 g/mol. The second-order valence-electron chi connectivity index (χ2n) is 5.42. The van der Waals surface area contributed by atoms with Crippen LogP contribution >= 0.6 is 0 Å². The molecule has 0 spiro atoms. The van der Waals surface area contributed by atoms with Gasteiger partial charge in [-0.15, -0.1) is 0 Å².